The van der Waals surface area contributed by atoms with Crippen molar-refractivity contribution in [3.8, 4) is 11.5 Å². The first-order valence-electron chi connectivity index (χ1n) is 9.53. The molecule has 0 radical (unpaired) electrons. The standard InChI is InChI=1S/C22H29N3O3/c1-15-12-16(2)21(17(3)13-15)24-8-10-25(11-9-24)22(26)23-19-14-18(27-4)6-7-20(19)28-5/h6-7,12-14H,8-11H2,1-5H3,(H,23,26). The van der Waals surface area contributed by atoms with Gasteiger partial charge in [-0.1, -0.05) is 17.7 Å². The molecule has 2 aromatic carbocycles. The first-order chi connectivity index (χ1) is 13.4. The van der Waals surface area contributed by atoms with Crippen LogP contribution in [0.1, 0.15) is 16.7 Å². The van der Waals surface area contributed by atoms with Crippen LogP contribution in [0.5, 0.6) is 11.5 Å². The maximum atomic E-state index is 12.8. The van der Waals surface area contributed by atoms with Crippen molar-refractivity contribution in [3.05, 3.63) is 47.0 Å². The first kappa shape index (κ1) is 19.9. The number of carbonyl (C=O) groups is 1. The normalized spacial score (nSPS) is 14.0. The quantitative estimate of drug-likeness (QED) is 0.868. The van der Waals surface area contributed by atoms with Crippen molar-refractivity contribution in [1.82, 2.24) is 4.90 Å². The molecule has 0 saturated carbocycles. The molecule has 0 aromatic heterocycles. The molecule has 0 atom stereocenters. The molecular weight excluding hydrogens is 354 g/mol. The lowest BCUT2D eigenvalue weighted by Gasteiger charge is -2.37. The maximum absolute atomic E-state index is 12.8. The van der Waals surface area contributed by atoms with Gasteiger partial charge in [0.2, 0.25) is 0 Å². The highest BCUT2D eigenvalue weighted by atomic mass is 16.5. The SMILES string of the molecule is COc1ccc(OC)c(NC(=O)N2CCN(c3c(C)cc(C)cc3C)CC2)c1. The fourth-order valence-corrected chi connectivity index (χ4v) is 3.91. The molecule has 0 unspecified atom stereocenters. The third kappa shape index (κ3) is 4.16. The molecule has 1 heterocycles. The van der Waals surface area contributed by atoms with Crippen molar-refractivity contribution >= 4 is 17.4 Å². The Morgan fingerprint density at radius 2 is 1.57 bits per heavy atom. The number of rotatable bonds is 4. The summed E-state index contributed by atoms with van der Waals surface area (Å²) in [5, 5.41) is 2.95. The maximum Gasteiger partial charge on any atom is 0.322 e. The highest BCUT2D eigenvalue weighted by Gasteiger charge is 2.24. The lowest BCUT2D eigenvalue weighted by molar-refractivity contribution is 0.208. The zero-order valence-corrected chi connectivity index (χ0v) is 17.3. The molecule has 0 spiro atoms. The van der Waals surface area contributed by atoms with Gasteiger partial charge in [-0.05, 0) is 44.0 Å². The summed E-state index contributed by atoms with van der Waals surface area (Å²) in [6.45, 7) is 9.41. The van der Waals surface area contributed by atoms with Crippen LogP contribution in [0.3, 0.4) is 0 Å². The Bertz CT molecular complexity index is 835. The monoisotopic (exact) mass is 383 g/mol. The molecule has 1 fully saturated rings. The van der Waals surface area contributed by atoms with Gasteiger partial charge in [0.05, 0.1) is 19.9 Å². The highest BCUT2D eigenvalue weighted by Crippen LogP contribution is 2.30. The molecule has 150 valence electrons. The molecular formula is C22H29N3O3. The number of anilines is 2. The van der Waals surface area contributed by atoms with Crippen LogP contribution in [0.2, 0.25) is 0 Å². The van der Waals surface area contributed by atoms with E-state index in [1.807, 2.05) is 4.90 Å². The molecule has 6 heteroatoms. The summed E-state index contributed by atoms with van der Waals surface area (Å²) in [5.41, 5.74) is 5.76. The van der Waals surface area contributed by atoms with Gasteiger partial charge in [0.25, 0.3) is 0 Å². The fourth-order valence-electron chi connectivity index (χ4n) is 3.91. The highest BCUT2D eigenvalue weighted by molar-refractivity contribution is 5.91. The number of nitrogens with zero attached hydrogens (tertiary/aromatic N) is 2. The Kier molecular flexibility index (Phi) is 5.97. The number of piperazine rings is 1. The van der Waals surface area contributed by atoms with Crippen LogP contribution in [-0.2, 0) is 0 Å². The zero-order chi connectivity index (χ0) is 20.3. The minimum atomic E-state index is -0.122. The Labute approximate surface area is 167 Å². The minimum absolute atomic E-state index is 0.122. The van der Waals surface area contributed by atoms with Gasteiger partial charge in [-0.25, -0.2) is 4.79 Å². The van der Waals surface area contributed by atoms with Gasteiger partial charge in [0.15, 0.2) is 0 Å². The van der Waals surface area contributed by atoms with E-state index < -0.39 is 0 Å². The number of hydrogen-bond donors (Lipinski definition) is 1. The summed E-state index contributed by atoms with van der Waals surface area (Å²) in [5.74, 6) is 1.28. The van der Waals surface area contributed by atoms with Crippen molar-refractivity contribution in [1.29, 1.82) is 0 Å². The second kappa shape index (κ2) is 8.42. The van der Waals surface area contributed by atoms with Crippen molar-refractivity contribution in [2.75, 3.05) is 50.6 Å². The summed E-state index contributed by atoms with van der Waals surface area (Å²) < 4.78 is 10.6. The zero-order valence-electron chi connectivity index (χ0n) is 17.3. The summed E-state index contributed by atoms with van der Waals surface area (Å²) >= 11 is 0. The van der Waals surface area contributed by atoms with E-state index in [0.717, 1.165) is 13.1 Å². The molecule has 1 N–H and O–H groups in total. The molecule has 6 nitrogen and oxygen atoms in total. The molecule has 3 rings (SSSR count). The number of ether oxygens (including phenoxy) is 2. The van der Waals surface area contributed by atoms with E-state index >= 15 is 0 Å². The average Bonchev–Trinajstić information content (AvgIpc) is 2.67. The second-order valence-corrected chi connectivity index (χ2v) is 7.22. The van der Waals surface area contributed by atoms with Crippen LogP contribution < -0.4 is 19.7 Å². The van der Waals surface area contributed by atoms with Gasteiger partial charge >= 0.3 is 6.03 Å². The molecule has 0 bridgehead atoms. The van der Waals surface area contributed by atoms with E-state index in [1.54, 1.807) is 32.4 Å². The average molecular weight is 383 g/mol. The van der Waals surface area contributed by atoms with Crippen LogP contribution in [0.15, 0.2) is 30.3 Å². The van der Waals surface area contributed by atoms with Crippen LogP contribution in [0, 0.1) is 20.8 Å². The number of amides is 2. The van der Waals surface area contributed by atoms with E-state index in [-0.39, 0.29) is 6.03 Å². The molecule has 2 amide bonds. The van der Waals surface area contributed by atoms with Gasteiger partial charge in [0.1, 0.15) is 11.5 Å². The number of aryl methyl sites for hydroxylation is 3. The van der Waals surface area contributed by atoms with Crippen LogP contribution in [-0.4, -0.2) is 51.3 Å². The molecule has 28 heavy (non-hydrogen) atoms. The van der Waals surface area contributed by atoms with Gasteiger partial charge in [0, 0.05) is 37.9 Å². The number of benzene rings is 2. The van der Waals surface area contributed by atoms with Crippen molar-refractivity contribution < 1.29 is 14.3 Å². The molecule has 1 aliphatic rings. The lowest BCUT2D eigenvalue weighted by atomic mass is 10.0. The van der Waals surface area contributed by atoms with E-state index in [2.05, 4.69) is 43.1 Å². The third-order valence-electron chi connectivity index (χ3n) is 5.17. The first-order valence-corrected chi connectivity index (χ1v) is 9.53. The number of nitrogens with one attached hydrogen (secondary N) is 1. The van der Waals surface area contributed by atoms with Gasteiger partial charge < -0.3 is 24.6 Å². The number of methoxy groups -OCH3 is 2. The van der Waals surface area contributed by atoms with Gasteiger partial charge in [-0.15, -0.1) is 0 Å². The molecule has 0 aliphatic carbocycles. The Hall–Kier alpha value is -2.89. The number of urea groups is 1. The van der Waals surface area contributed by atoms with E-state index in [0.29, 0.717) is 30.3 Å². The second-order valence-electron chi connectivity index (χ2n) is 7.22. The van der Waals surface area contributed by atoms with Crippen molar-refractivity contribution in [3.63, 3.8) is 0 Å². The Morgan fingerprint density at radius 1 is 0.929 bits per heavy atom. The van der Waals surface area contributed by atoms with Crippen LogP contribution in [0.25, 0.3) is 0 Å². The smallest absolute Gasteiger partial charge is 0.322 e. The Morgan fingerprint density at radius 3 is 2.14 bits per heavy atom. The van der Waals surface area contributed by atoms with Crippen molar-refractivity contribution in [2.24, 2.45) is 0 Å². The molecule has 1 aliphatic heterocycles. The molecule has 2 aromatic rings. The van der Waals surface area contributed by atoms with Gasteiger partial charge in [-0.2, -0.15) is 0 Å². The summed E-state index contributed by atoms with van der Waals surface area (Å²) in [7, 11) is 3.18. The number of hydrogen-bond acceptors (Lipinski definition) is 4. The van der Waals surface area contributed by atoms with E-state index in [9.17, 15) is 4.79 Å². The minimum Gasteiger partial charge on any atom is -0.497 e. The summed E-state index contributed by atoms with van der Waals surface area (Å²) in [6, 6.07) is 9.68. The fraction of sp³-hybridized carbons (Fsp3) is 0.409. The molecule has 1 saturated heterocycles. The van der Waals surface area contributed by atoms with Crippen LogP contribution >= 0.6 is 0 Å². The van der Waals surface area contributed by atoms with E-state index in [4.69, 9.17) is 9.47 Å². The predicted molar refractivity (Wildman–Crippen MR) is 113 cm³/mol. The summed E-state index contributed by atoms with van der Waals surface area (Å²) in [6.07, 6.45) is 0. The van der Waals surface area contributed by atoms with Crippen molar-refractivity contribution in [2.45, 2.75) is 20.8 Å². The third-order valence-corrected chi connectivity index (χ3v) is 5.17. The lowest BCUT2D eigenvalue weighted by Crippen LogP contribution is -2.50. The number of carbonyl (C=O) groups excluding carboxylic acids is 1. The van der Waals surface area contributed by atoms with E-state index in [1.165, 1.54) is 22.4 Å². The van der Waals surface area contributed by atoms with Crippen LogP contribution in [0.4, 0.5) is 16.2 Å². The predicted octanol–water partition coefficient (Wildman–Crippen LogP) is 3.98. The Balaban J connectivity index is 1.66. The topological polar surface area (TPSA) is 54.0 Å². The summed E-state index contributed by atoms with van der Waals surface area (Å²) in [4.78, 5) is 17.0. The van der Waals surface area contributed by atoms with Gasteiger partial charge in [-0.3, -0.25) is 0 Å². The largest absolute Gasteiger partial charge is 0.497 e.